The Kier molecular flexibility index (Phi) is 4.03. The Morgan fingerprint density at radius 3 is 2.77 bits per heavy atom. The number of hydrogen-bond donors (Lipinski definition) is 0. The maximum atomic E-state index is 14.0. The lowest BCUT2D eigenvalue weighted by molar-refractivity contribution is -0.117. The van der Waals surface area contributed by atoms with Gasteiger partial charge in [0.25, 0.3) is 0 Å². The van der Waals surface area contributed by atoms with Crippen LogP contribution in [0.4, 0.5) is 10.1 Å². The van der Waals surface area contributed by atoms with Crippen LogP contribution in [0.25, 0.3) is 11.4 Å². The number of rotatable bonds is 3. The Morgan fingerprint density at radius 1 is 1.19 bits per heavy atom. The largest absolute Gasteiger partial charge is 0.339 e. The Balaban J connectivity index is 1.59. The van der Waals surface area contributed by atoms with Crippen LogP contribution in [-0.4, -0.2) is 22.6 Å². The number of anilines is 1. The van der Waals surface area contributed by atoms with E-state index < -0.39 is 5.82 Å². The maximum absolute atomic E-state index is 14.0. The first-order chi connectivity index (χ1) is 12.5. The molecule has 6 heteroatoms. The molecule has 1 unspecified atom stereocenters. The van der Waals surface area contributed by atoms with E-state index in [0.29, 0.717) is 18.3 Å². The van der Waals surface area contributed by atoms with Crippen LogP contribution in [0.3, 0.4) is 0 Å². The number of nitrogens with zero attached hydrogens (tertiary/aromatic N) is 3. The molecule has 2 aromatic carbocycles. The number of aromatic nitrogens is 2. The number of carbonyl (C=O) groups is 1. The lowest BCUT2D eigenvalue weighted by atomic mass is 10.1. The van der Waals surface area contributed by atoms with Crippen molar-refractivity contribution >= 4 is 11.6 Å². The van der Waals surface area contributed by atoms with Gasteiger partial charge in [-0.05, 0) is 31.5 Å². The highest BCUT2D eigenvalue weighted by Gasteiger charge is 2.36. The molecule has 1 fully saturated rings. The van der Waals surface area contributed by atoms with Gasteiger partial charge in [-0.3, -0.25) is 4.79 Å². The highest BCUT2D eigenvalue weighted by atomic mass is 19.1. The predicted octanol–water partition coefficient (Wildman–Crippen LogP) is 4.01. The number of carbonyl (C=O) groups excluding carboxylic acids is 1. The fourth-order valence-corrected chi connectivity index (χ4v) is 3.35. The Bertz CT molecular complexity index is 983. The fourth-order valence-electron chi connectivity index (χ4n) is 3.35. The van der Waals surface area contributed by atoms with Crippen LogP contribution in [0.1, 0.15) is 29.4 Å². The van der Waals surface area contributed by atoms with Gasteiger partial charge >= 0.3 is 0 Å². The summed E-state index contributed by atoms with van der Waals surface area (Å²) in [5, 5.41) is 4.07. The van der Waals surface area contributed by atoms with Gasteiger partial charge in [0, 0.05) is 18.5 Å². The zero-order valence-electron chi connectivity index (χ0n) is 14.6. The van der Waals surface area contributed by atoms with E-state index in [1.54, 1.807) is 18.2 Å². The molecule has 3 aromatic rings. The second-order valence-electron chi connectivity index (χ2n) is 6.63. The number of aryl methyl sites for hydroxylation is 2. The maximum Gasteiger partial charge on any atom is 0.232 e. The van der Waals surface area contributed by atoms with Crippen LogP contribution in [0.2, 0.25) is 0 Å². The minimum atomic E-state index is -0.414. The van der Waals surface area contributed by atoms with E-state index in [1.807, 2.05) is 26.0 Å². The SMILES string of the molecule is Cc1ccc(-c2noc(C3CC(=O)N(c4ccccc4F)C3)n2)c(C)c1. The molecule has 1 aromatic heterocycles. The first-order valence-corrected chi connectivity index (χ1v) is 8.49. The van der Waals surface area contributed by atoms with Crippen molar-refractivity contribution in [1.82, 2.24) is 10.1 Å². The molecule has 0 bridgehead atoms. The number of amides is 1. The van der Waals surface area contributed by atoms with E-state index in [-0.39, 0.29) is 23.9 Å². The molecule has 4 rings (SSSR count). The molecule has 0 N–H and O–H groups in total. The molecule has 132 valence electrons. The van der Waals surface area contributed by atoms with Gasteiger partial charge in [-0.2, -0.15) is 4.98 Å². The van der Waals surface area contributed by atoms with Crippen molar-refractivity contribution in [1.29, 1.82) is 0 Å². The van der Waals surface area contributed by atoms with E-state index in [9.17, 15) is 9.18 Å². The molecular formula is C20H18FN3O2. The molecule has 0 radical (unpaired) electrons. The van der Waals surface area contributed by atoms with Crippen molar-refractivity contribution in [2.75, 3.05) is 11.4 Å². The highest BCUT2D eigenvalue weighted by molar-refractivity contribution is 5.96. The lowest BCUT2D eigenvalue weighted by Gasteiger charge is -2.16. The molecule has 0 spiro atoms. The molecule has 1 amide bonds. The number of benzene rings is 2. The molecule has 1 aliphatic rings. The van der Waals surface area contributed by atoms with E-state index >= 15 is 0 Å². The smallest absolute Gasteiger partial charge is 0.232 e. The first-order valence-electron chi connectivity index (χ1n) is 8.49. The Hall–Kier alpha value is -3.02. The third-order valence-corrected chi connectivity index (χ3v) is 4.68. The molecule has 1 aliphatic heterocycles. The minimum Gasteiger partial charge on any atom is -0.339 e. The number of para-hydroxylation sites is 1. The zero-order valence-corrected chi connectivity index (χ0v) is 14.6. The van der Waals surface area contributed by atoms with Gasteiger partial charge in [0.15, 0.2) is 0 Å². The topological polar surface area (TPSA) is 59.2 Å². The standard InChI is InChI=1S/C20H18FN3O2/c1-12-7-8-15(13(2)9-12)19-22-20(26-23-19)14-10-18(25)24(11-14)17-6-4-3-5-16(17)21/h3-9,14H,10-11H2,1-2H3. The van der Waals surface area contributed by atoms with Gasteiger partial charge in [-0.15, -0.1) is 0 Å². The molecule has 26 heavy (non-hydrogen) atoms. The summed E-state index contributed by atoms with van der Waals surface area (Å²) in [6.07, 6.45) is 0.225. The van der Waals surface area contributed by atoms with Crippen LogP contribution in [0.5, 0.6) is 0 Å². The summed E-state index contributed by atoms with van der Waals surface area (Å²) in [6.45, 7) is 4.35. The molecule has 1 saturated heterocycles. The summed E-state index contributed by atoms with van der Waals surface area (Å²) in [4.78, 5) is 18.3. The first kappa shape index (κ1) is 16.4. The number of halogens is 1. The van der Waals surface area contributed by atoms with Crippen LogP contribution in [-0.2, 0) is 4.79 Å². The van der Waals surface area contributed by atoms with Crippen LogP contribution < -0.4 is 4.90 Å². The Labute approximate surface area is 150 Å². The van der Waals surface area contributed by atoms with Gasteiger partial charge < -0.3 is 9.42 Å². The van der Waals surface area contributed by atoms with Crippen LogP contribution in [0, 0.1) is 19.7 Å². The van der Waals surface area contributed by atoms with Crippen molar-refractivity contribution in [3.05, 3.63) is 65.3 Å². The van der Waals surface area contributed by atoms with Crippen molar-refractivity contribution < 1.29 is 13.7 Å². The van der Waals surface area contributed by atoms with Crippen molar-refractivity contribution in [3.8, 4) is 11.4 Å². The van der Waals surface area contributed by atoms with Crippen molar-refractivity contribution in [3.63, 3.8) is 0 Å². The minimum absolute atomic E-state index is 0.147. The van der Waals surface area contributed by atoms with Gasteiger partial charge in [-0.25, -0.2) is 4.39 Å². The van der Waals surface area contributed by atoms with Gasteiger partial charge in [0.2, 0.25) is 17.6 Å². The normalized spacial score (nSPS) is 17.1. The van der Waals surface area contributed by atoms with Crippen LogP contribution in [0.15, 0.2) is 47.0 Å². The molecule has 0 aliphatic carbocycles. The summed E-state index contributed by atoms with van der Waals surface area (Å²) < 4.78 is 19.4. The average Bonchev–Trinajstić information content (AvgIpc) is 3.22. The highest BCUT2D eigenvalue weighted by Crippen LogP contribution is 2.33. The summed E-state index contributed by atoms with van der Waals surface area (Å²) >= 11 is 0. The molecule has 5 nitrogen and oxygen atoms in total. The van der Waals surface area contributed by atoms with Crippen molar-refractivity contribution in [2.45, 2.75) is 26.2 Å². The summed E-state index contributed by atoms with van der Waals surface area (Å²) in [7, 11) is 0. The van der Waals surface area contributed by atoms with Gasteiger partial charge in [0.1, 0.15) is 5.82 Å². The van der Waals surface area contributed by atoms with Gasteiger partial charge in [0.05, 0.1) is 11.6 Å². The summed E-state index contributed by atoms with van der Waals surface area (Å²) in [6, 6.07) is 12.3. The van der Waals surface area contributed by atoms with E-state index in [4.69, 9.17) is 4.52 Å². The van der Waals surface area contributed by atoms with Crippen LogP contribution >= 0.6 is 0 Å². The monoisotopic (exact) mass is 351 g/mol. The van der Waals surface area contributed by atoms with E-state index in [0.717, 1.165) is 16.7 Å². The summed E-state index contributed by atoms with van der Waals surface area (Å²) in [5.74, 6) is 0.116. The lowest BCUT2D eigenvalue weighted by Crippen LogP contribution is -2.25. The predicted molar refractivity (Wildman–Crippen MR) is 95.3 cm³/mol. The number of hydrogen-bond acceptors (Lipinski definition) is 4. The second-order valence-corrected chi connectivity index (χ2v) is 6.63. The molecule has 1 atom stereocenters. The second kappa shape index (κ2) is 6.37. The van der Waals surface area contributed by atoms with E-state index in [2.05, 4.69) is 16.2 Å². The fraction of sp³-hybridized carbons (Fsp3) is 0.250. The quantitative estimate of drug-likeness (QED) is 0.715. The van der Waals surface area contributed by atoms with E-state index in [1.165, 1.54) is 11.0 Å². The molecule has 0 saturated carbocycles. The zero-order chi connectivity index (χ0) is 18.3. The molecule has 2 heterocycles. The third-order valence-electron chi connectivity index (χ3n) is 4.68. The average molecular weight is 351 g/mol. The Morgan fingerprint density at radius 2 is 2.00 bits per heavy atom. The van der Waals surface area contributed by atoms with Crippen molar-refractivity contribution in [2.24, 2.45) is 0 Å². The van der Waals surface area contributed by atoms with Gasteiger partial charge in [-0.1, -0.05) is 41.1 Å². The summed E-state index contributed by atoms with van der Waals surface area (Å²) in [5.41, 5.74) is 3.42. The molecular weight excluding hydrogens is 333 g/mol. The third kappa shape index (κ3) is 2.87.